The molecule has 0 saturated carbocycles. The van der Waals surface area contributed by atoms with E-state index in [2.05, 4.69) is 19.1 Å². The van der Waals surface area contributed by atoms with Gasteiger partial charge in [0.25, 0.3) is 0 Å². The van der Waals surface area contributed by atoms with E-state index in [0.717, 1.165) is 10.9 Å². The summed E-state index contributed by atoms with van der Waals surface area (Å²) in [7, 11) is -5.96. The smallest absolute Gasteiger partial charge is 0.383 e. The van der Waals surface area contributed by atoms with Gasteiger partial charge in [-0.3, -0.25) is 8.75 Å². The number of imidazole rings is 1. The fraction of sp³-hybridized carbons (Fsp3) is 0.643. The van der Waals surface area contributed by atoms with Crippen molar-refractivity contribution in [3.63, 3.8) is 0 Å². The largest absolute Gasteiger partial charge is 0.523 e. The molecule has 0 aromatic rings. The standard InChI is InChI=1S/C14H16F3N5O6S/c1-13(2)25-3-6-8(27-13)9(28-29(23,24)14(15,16)17)12(26-6)22-5-21-11-7(10(22)18)19-4-20-11/h4-6,8-9,12H,3,18H2,1-2H3/t6-,8+,9-,12-/m0/s1. The molecule has 0 unspecified atom stereocenters. The predicted octanol–water partition coefficient (Wildman–Crippen LogP) is 0.644. The van der Waals surface area contributed by atoms with E-state index in [1.807, 2.05) is 0 Å². The highest BCUT2D eigenvalue weighted by molar-refractivity contribution is 7.87. The summed E-state index contributed by atoms with van der Waals surface area (Å²) in [4.78, 5) is 11.8. The third-order valence-corrected chi connectivity index (χ3v) is 5.54. The Labute approximate surface area is 162 Å². The monoisotopic (exact) mass is 439 g/mol. The van der Waals surface area contributed by atoms with Crippen LogP contribution in [-0.4, -0.2) is 64.2 Å². The Balaban J connectivity index is 1.77. The van der Waals surface area contributed by atoms with Gasteiger partial charge in [-0.1, -0.05) is 0 Å². The topological polar surface area (TPSA) is 141 Å². The Kier molecular flexibility index (Phi) is 4.51. The molecule has 0 aromatic carbocycles. The van der Waals surface area contributed by atoms with E-state index < -0.39 is 46.0 Å². The molecule has 29 heavy (non-hydrogen) atoms. The Morgan fingerprint density at radius 1 is 1.31 bits per heavy atom. The first kappa shape index (κ1) is 20.2. The summed E-state index contributed by atoms with van der Waals surface area (Å²) >= 11 is 0. The van der Waals surface area contributed by atoms with Crippen LogP contribution in [0, 0.1) is 0 Å². The molecule has 0 radical (unpaired) electrons. The van der Waals surface area contributed by atoms with Crippen molar-refractivity contribution in [3.05, 3.63) is 12.7 Å². The zero-order valence-electron chi connectivity index (χ0n) is 15.0. The normalized spacial score (nSPS) is 29.8. The highest BCUT2D eigenvalue weighted by Crippen LogP contribution is 2.42. The second kappa shape index (κ2) is 6.46. The number of hydrogen-bond acceptors (Lipinski definition) is 10. The first-order chi connectivity index (χ1) is 13.4. The summed E-state index contributed by atoms with van der Waals surface area (Å²) in [6, 6.07) is 0. The molecule has 4 heterocycles. The van der Waals surface area contributed by atoms with Gasteiger partial charge in [0.15, 0.2) is 23.9 Å². The van der Waals surface area contributed by atoms with Crippen molar-refractivity contribution < 1.29 is 40.0 Å². The van der Waals surface area contributed by atoms with Gasteiger partial charge in [-0.15, -0.1) is 0 Å². The van der Waals surface area contributed by atoms with Gasteiger partial charge >= 0.3 is 15.6 Å². The molecule has 15 heteroatoms. The third kappa shape index (κ3) is 3.42. The zero-order chi connectivity index (χ0) is 21.2. The minimum atomic E-state index is -5.96. The second-order valence-corrected chi connectivity index (χ2v) is 8.47. The first-order valence-electron chi connectivity index (χ1n) is 8.29. The number of nitrogen functional groups attached to an aromatic ring is 1. The summed E-state index contributed by atoms with van der Waals surface area (Å²) in [5.74, 6) is -1.04. The quantitative estimate of drug-likeness (QED) is 0.535. The summed E-state index contributed by atoms with van der Waals surface area (Å²) in [6.45, 7) is 2.99. The highest BCUT2D eigenvalue weighted by atomic mass is 32.2. The molecule has 2 N–H and O–H groups in total. The van der Waals surface area contributed by atoms with Crippen molar-refractivity contribution in [1.82, 2.24) is 19.5 Å². The number of aromatic nitrogens is 4. The lowest BCUT2D eigenvalue weighted by Crippen LogP contribution is -2.51. The maximum absolute atomic E-state index is 13.0. The molecular formula is C14H16F3N5O6S. The highest BCUT2D eigenvalue weighted by Gasteiger charge is 2.58. The molecule has 4 aliphatic heterocycles. The molecule has 4 aliphatic rings. The zero-order valence-corrected chi connectivity index (χ0v) is 15.8. The number of alkyl halides is 3. The molecule has 2 saturated heterocycles. The van der Waals surface area contributed by atoms with Crippen LogP contribution in [0.15, 0.2) is 12.7 Å². The lowest BCUT2D eigenvalue weighted by Gasteiger charge is -2.38. The van der Waals surface area contributed by atoms with Gasteiger partial charge in [-0.25, -0.2) is 15.0 Å². The summed E-state index contributed by atoms with van der Waals surface area (Å²) in [5, 5.41) is 0. The third-order valence-electron chi connectivity index (χ3n) is 4.50. The summed E-state index contributed by atoms with van der Waals surface area (Å²) < 4.78 is 84.7. The molecule has 4 atom stereocenters. The minimum Gasteiger partial charge on any atom is -0.383 e. The number of fused-ring (bicyclic) bond motifs is 2. The molecule has 4 rings (SSSR count). The number of anilines is 1. The molecular weight excluding hydrogens is 423 g/mol. The van der Waals surface area contributed by atoms with E-state index in [1.165, 1.54) is 20.2 Å². The summed E-state index contributed by atoms with van der Waals surface area (Å²) in [5.41, 5.74) is 0.573. The summed E-state index contributed by atoms with van der Waals surface area (Å²) in [6.07, 6.45) is -2.87. The Bertz CT molecular complexity index is 996. The predicted molar refractivity (Wildman–Crippen MR) is 87.5 cm³/mol. The molecule has 160 valence electrons. The van der Waals surface area contributed by atoms with Gasteiger partial charge in [-0.05, 0) is 13.8 Å². The van der Waals surface area contributed by atoms with E-state index >= 15 is 0 Å². The van der Waals surface area contributed by atoms with E-state index in [4.69, 9.17) is 19.9 Å². The molecule has 11 nitrogen and oxygen atoms in total. The van der Waals surface area contributed by atoms with Gasteiger partial charge < -0.3 is 19.9 Å². The molecule has 0 aromatic heterocycles. The Morgan fingerprint density at radius 2 is 2.03 bits per heavy atom. The average molecular weight is 439 g/mol. The van der Waals surface area contributed by atoms with E-state index in [-0.39, 0.29) is 23.9 Å². The second-order valence-electron chi connectivity index (χ2n) is 6.90. The maximum Gasteiger partial charge on any atom is 0.523 e. The molecule has 0 bridgehead atoms. The van der Waals surface area contributed by atoms with Crippen molar-refractivity contribution in [2.75, 3.05) is 12.3 Å². The number of halogens is 3. The van der Waals surface area contributed by atoms with Crippen molar-refractivity contribution in [2.24, 2.45) is 0 Å². The van der Waals surface area contributed by atoms with Gasteiger partial charge in [0, 0.05) is 0 Å². The number of hydrogen-bond donors (Lipinski definition) is 1. The molecule has 2 fully saturated rings. The number of ether oxygens (including phenoxy) is 3. The van der Waals surface area contributed by atoms with E-state index in [1.54, 1.807) is 0 Å². The van der Waals surface area contributed by atoms with E-state index in [9.17, 15) is 21.6 Å². The van der Waals surface area contributed by atoms with Crippen LogP contribution in [0.25, 0.3) is 11.5 Å². The van der Waals surface area contributed by atoms with Crippen LogP contribution in [-0.2, 0) is 28.5 Å². The number of rotatable bonds is 3. The van der Waals surface area contributed by atoms with Gasteiger partial charge in [-0.2, -0.15) is 21.6 Å². The van der Waals surface area contributed by atoms with Crippen LogP contribution in [0.5, 0.6) is 0 Å². The molecule has 0 aliphatic carbocycles. The minimum absolute atomic E-state index is 0.0469. The fourth-order valence-electron chi connectivity index (χ4n) is 3.20. The molecule has 0 amide bonds. The van der Waals surface area contributed by atoms with Crippen LogP contribution in [0.3, 0.4) is 0 Å². The van der Waals surface area contributed by atoms with Crippen LogP contribution in [0.2, 0.25) is 0 Å². The SMILES string of the molecule is CC1(C)OC[C@@H]2O[C@H](n3cnc4ncnc-4c3N)[C@@H](OS(=O)(=O)C(F)(F)F)[C@@H]2O1. The maximum atomic E-state index is 13.0. The lowest BCUT2D eigenvalue weighted by molar-refractivity contribution is -0.299. The first-order valence-corrected chi connectivity index (χ1v) is 9.70. The van der Waals surface area contributed by atoms with Crippen LogP contribution in [0.4, 0.5) is 19.0 Å². The Morgan fingerprint density at radius 3 is 2.72 bits per heavy atom. The number of nitrogens with two attached hydrogens (primary N) is 1. The molecule has 0 spiro atoms. The van der Waals surface area contributed by atoms with Crippen molar-refractivity contribution in [1.29, 1.82) is 0 Å². The van der Waals surface area contributed by atoms with E-state index in [0.29, 0.717) is 0 Å². The number of nitrogens with zero attached hydrogens (tertiary/aromatic N) is 4. The van der Waals surface area contributed by atoms with Crippen molar-refractivity contribution in [2.45, 2.75) is 49.7 Å². The van der Waals surface area contributed by atoms with Gasteiger partial charge in [0.05, 0.1) is 6.61 Å². The van der Waals surface area contributed by atoms with Crippen molar-refractivity contribution >= 4 is 15.9 Å². The average Bonchev–Trinajstić information content (AvgIpc) is 3.19. The van der Waals surface area contributed by atoms with Crippen LogP contribution >= 0.6 is 0 Å². The van der Waals surface area contributed by atoms with Gasteiger partial charge in [0.2, 0.25) is 0 Å². The van der Waals surface area contributed by atoms with Crippen LogP contribution < -0.4 is 5.73 Å². The van der Waals surface area contributed by atoms with Gasteiger partial charge in [0.1, 0.15) is 36.4 Å². The van der Waals surface area contributed by atoms with Crippen LogP contribution in [0.1, 0.15) is 20.1 Å². The fourth-order valence-corrected chi connectivity index (χ4v) is 3.80. The Hall–Kier alpha value is -2.07. The van der Waals surface area contributed by atoms with Crippen molar-refractivity contribution in [3.8, 4) is 11.5 Å². The lowest BCUT2D eigenvalue weighted by atomic mass is 10.1.